The molecule has 0 radical (unpaired) electrons. The minimum Gasteiger partial charge on any atom is -0.497 e. The Labute approximate surface area is 145 Å². The highest BCUT2D eigenvalue weighted by Gasteiger charge is 2.10. The first-order valence-electron chi connectivity index (χ1n) is 7.23. The number of ether oxygens (including phenoxy) is 1. The molecule has 7 heteroatoms. The van der Waals surface area contributed by atoms with Crippen LogP contribution in [0.5, 0.6) is 5.75 Å². The number of methoxy groups -OCH3 is 1. The van der Waals surface area contributed by atoms with Gasteiger partial charge in [0.25, 0.3) is 5.91 Å². The van der Waals surface area contributed by atoms with Crippen molar-refractivity contribution in [3.63, 3.8) is 0 Å². The van der Waals surface area contributed by atoms with Crippen LogP contribution in [0.15, 0.2) is 42.5 Å². The van der Waals surface area contributed by atoms with Crippen LogP contribution < -0.4 is 20.7 Å². The molecule has 24 heavy (non-hydrogen) atoms. The van der Waals surface area contributed by atoms with E-state index >= 15 is 0 Å². The van der Waals surface area contributed by atoms with Crippen molar-refractivity contribution in [2.75, 3.05) is 19.5 Å². The Bertz CT molecular complexity index is 732. The normalized spacial score (nSPS) is 9.96. The lowest BCUT2D eigenvalue weighted by atomic mass is 10.2. The molecule has 3 amide bonds. The number of carbonyl (C=O) groups is 2. The summed E-state index contributed by atoms with van der Waals surface area (Å²) in [6.45, 7) is 0.367. The lowest BCUT2D eigenvalue weighted by Crippen LogP contribution is -2.28. The summed E-state index contributed by atoms with van der Waals surface area (Å²) in [6.07, 6.45) is 0. The zero-order valence-electron chi connectivity index (χ0n) is 13.4. The number of hydrogen-bond donors (Lipinski definition) is 3. The van der Waals surface area contributed by atoms with Gasteiger partial charge in [0, 0.05) is 19.3 Å². The molecule has 0 saturated heterocycles. The van der Waals surface area contributed by atoms with E-state index in [9.17, 15) is 9.59 Å². The smallest absolute Gasteiger partial charge is 0.319 e. The maximum Gasteiger partial charge on any atom is 0.319 e. The number of urea groups is 1. The van der Waals surface area contributed by atoms with Gasteiger partial charge in [-0.25, -0.2) is 4.79 Å². The van der Waals surface area contributed by atoms with Crippen molar-refractivity contribution >= 4 is 29.2 Å². The van der Waals surface area contributed by atoms with E-state index in [-0.39, 0.29) is 11.9 Å². The van der Waals surface area contributed by atoms with Crippen LogP contribution in [0.1, 0.15) is 15.9 Å². The second kappa shape index (κ2) is 8.21. The summed E-state index contributed by atoms with van der Waals surface area (Å²) in [6, 6.07) is 11.7. The average molecular weight is 348 g/mol. The van der Waals surface area contributed by atoms with E-state index in [2.05, 4.69) is 16.0 Å². The second-order valence-corrected chi connectivity index (χ2v) is 5.34. The Balaban J connectivity index is 1.95. The Hall–Kier alpha value is -2.73. The van der Waals surface area contributed by atoms with Crippen molar-refractivity contribution in [3.8, 4) is 5.75 Å². The number of rotatable bonds is 5. The van der Waals surface area contributed by atoms with E-state index in [1.165, 1.54) is 13.1 Å². The molecule has 6 nitrogen and oxygen atoms in total. The lowest BCUT2D eigenvalue weighted by Gasteiger charge is -2.10. The minimum absolute atomic E-state index is 0.298. The fourth-order valence-corrected chi connectivity index (χ4v) is 2.22. The quantitative estimate of drug-likeness (QED) is 0.777. The van der Waals surface area contributed by atoms with Gasteiger partial charge >= 0.3 is 6.03 Å². The number of anilines is 1. The number of halogens is 1. The van der Waals surface area contributed by atoms with Gasteiger partial charge in [0.2, 0.25) is 0 Å². The highest BCUT2D eigenvalue weighted by molar-refractivity contribution is 6.34. The molecule has 0 aliphatic rings. The predicted octanol–water partition coefficient (Wildman–Crippen LogP) is 3.03. The molecule has 0 spiro atoms. The van der Waals surface area contributed by atoms with Crippen molar-refractivity contribution in [1.29, 1.82) is 0 Å². The summed E-state index contributed by atoms with van der Waals surface area (Å²) in [4.78, 5) is 23.7. The second-order valence-electron chi connectivity index (χ2n) is 4.93. The minimum atomic E-state index is -0.379. The summed E-state index contributed by atoms with van der Waals surface area (Å²) >= 11 is 5.97. The van der Waals surface area contributed by atoms with Crippen LogP contribution in [0.2, 0.25) is 5.02 Å². The molecule has 3 N–H and O–H groups in total. The first-order chi connectivity index (χ1) is 11.5. The van der Waals surface area contributed by atoms with E-state index < -0.39 is 0 Å². The molecule has 0 unspecified atom stereocenters. The first kappa shape index (κ1) is 17.6. The number of amides is 3. The first-order valence-corrected chi connectivity index (χ1v) is 7.60. The van der Waals surface area contributed by atoms with Gasteiger partial charge in [-0.1, -0.05) is 23.7 Å². The van der Waals surface area contributed by atoms with Gasteiger partial charge in [-0.15, -0.1) is 0 Å². The molecule has 2 rings (SSSR count). The molecule has 0 aliphatic heterocycles. The van der Waals surface area contributed by atoms with Gasteiger partial charge in [0.05, 0.1) is 17.7 Å². The van der Waals surface area contributed by atoms with Crippen molar-refractivity contribution in [2.45, 2.75) is 6.54 Å². The topological polar surface area (TPSA) is 79.5 Å². The maximum atomic E-state index is 12.0. The lowest BCUT2D eigenvalue weighted by molar-refractivity contribution is 0.0963. The molecule has 0 fully saturated rings. The van der Waals surface area contributed by atoms with Gasteiger partial charge in [0.1, 0.15) is 5.75 Å². The molecular formula is C17H18ClN3O3. The highest BCUT2D eigenvalue weighted by atomic mass is 35.5. The van der Waals surface area contributed by atoms with Gasteiger partial charge in [-0.05, 0) is 35.9 Å². The van der Waals surface area contributed by atoms with E-state index in [1.54, 1.807) is 19.2 Å². The van der Waals surface area contributed by atoms with E-state index in [1.807, 2.05) is 24.3 Å². The van der Waals surface area contributed by atoms with Gasteiger partial charge < -0.3 is 20.7 Å². The maximum absolute atomic E-state index is 12.0. The molecule has 2 aromatic rings. The van der Waals surface area contributed by atoms with Crippen LogP contribution in [0.3, 0.4) is 0 Å². The molecule has 0 aliphatic carbocycles. The zero-order chi connectivity index (χ0) is 17.5. The van der Waals surface area contributed by atoms with Crippen LogP contribution in [-0.4, -0.2) is 26.1 Å². The van der Waals surface area contributed by atoms with Crippen LogP contribution >= 0.6 is 11.6 Å². The van der Waals surface area contributed by atoms with Crippen LogP contribution in [0.4, 0.5) is 10.5 Å². The SMILES string of the molecule is CNC(=O)c1cc(NC(=O)NCc2ccc(OC)cc2)ccc1Cl. The summed E-state index contributed by atoms with van der Waals surface area (Å²) in [7, 11) is 3.11. The summed E-state index contributed by atoms with van der Waals surface area (Å²) in [5, 5.41) is 8.22. The van der Waals surface area contributed by atoms with Crippen molar-refractivity contribution in [3.05, 3.63) is 58.6 Å². The van der Waals surface area contributed by atoms with Gasteiger partial charge in [-0.3, -0.25) is 4.79 Å². The molecule has 0 bridgehead atoms. The number of carbonyl (C=O) groups excluding carboxylic acids is 2. The largest absolute Gasteiger partial charge is 0.497 e. The Morgan fingerprint density at radius 1 is 1.12 bits per heavy atom. The van der Waals surface area contributed by atoms with Crippen LogP contribution in [-0.2, 0) is 6.54 Å². The average Bonchev–Trinajstić information content (AvgIpc) is 2.61. The summed E-state index contributed by atoms with van der Waals surface area (Å²) < 4.78 is 5.08. The van der Waals surface area contributed by atoms with Crippen molar-refractivity contribution in [2.24, 2.45) is 0 Å². The van der Waals surface area contributed by atoms with E-state index in [0.717, 1.165) is 11.3 Å². The van der Waals surface area contributed by atoms with E-state index in [0.29, 0.717) is 22.8 Å². The van der Waals surface area contributed by atoms with Gasteiger partial charge in [0.15, 0.2) is 0 Å². The molecule has 0 saturated carbocycles. The third kappa shape index (κ3) is 4.63. The zero-order valence-corrected chi connectivity index (χ0v) is 14.1. The molecule has 126 valence electrons. The molecule has 0 atom stereocenters. The van der Waals surface area contributed by atoms with Crippen molar-refractivity contribution in [1.82, 2.24) is 10.6 Å². The third-order valence-electron chi connectivity index (χ3n) is 3.31. The summed E-state index contributed by atoms with van der Waals surface area (Å²) in [5.74, 6) is 0.438. The standard InChI is InChI=1S/C17H18ClN3O3/c1-19-16(22)14-9-12(5-8-15(14)18)21-17(23)20-10-11-3-6-13(24-2)7-4-11/h3-9H,10H2,1-2H3,(H,19,22)(H2,20,21,23). The summed E-state index contributed by atoms with van der Waals surface area (Å²) in [5.41, 5.74) is 1.71. The molecule has 2 aromatic carbocycles. The van der Waals surface area contributed by atoms with Crippen LogP contribution in [0, 0.1) is 0 Å². The highest BCUT2D eigenvalue weighted by Crippen LogP contribution is 2.20. The Morgan fingerprint density at radius 2 is 1.83 bits per heavy atom. The predicted molar refractivity (Wildman–Crippen MR) is 93.7 cm³/mol. The monoisotopic (exact) mass is 347 g/mol. The molecule has 0 aromatic heterocycles. The molecular weight excluding hydrogens is 330 g/mol. The number of nitrogens with one attached hydrogen (secondary N) is 3. The molecule has 0 heterocycles. The van der Waals surface area contributed by atoms with Crippen LogP contribution in [0.25, 0.3) is 0 Å². The van der Waals surface area contributed by atoms with Crippen molar-refractivity contribution < 1.29 is 14.3 Å². The Morgan fingerprint density at radius 3 is 2.46 bits per heavy atom. The number of hydrogen-bond acceptors (Lipinski definition) is 3. The van der Waals surface area contributed by atoms with Gasteiger partial charge in [-0.2, -0.15) is 0 Å². The fourth-order valence-electron chi connectivity index (χ4n) is 2.01. The third-order valence-corrected chi connectivity index (χ3v) is 3.64. The fraction of sp³-hybridized carbons (Fsp3) is 0.176. The van der Waals surface area contributed by atoms with E-state index in [4.69, 9.17) is 16.3 Å². The number of benzene rings is 2. The Kier molecular flexibility index (Phi) is 6.03.